The molecule has 2 rings (SSSR count). The molecule has 1 saturated heterocycles. The van der Waals surface area contributed by atoms with Crippen molar-refractivity contribution in [2.45, 2.75) is 19.8 Å². The van der Waals surface area contributed by atoms with Gasteiger partial charge < -0.3 is 10.6 Å². The van der Waals surface area contributed by atoms with Gasteiger partial charge in [0.15, 0.2) is 0 Å². The summed E-state index contributed by atoms with van der Waals surface area (Å²) in [5.41, 5.74) is 0.0785. The predicted octanol–water partition coefficient (Wildman–Crippen LogP) is 0.220. The number of nitro groups is 1. The van der Waals surface area contributed by atoms with E-state index in [9.17, 15) is 14.9 Å². The lowest BCUT2D eigenvalue weighted by atomic mass is 10.0. The normalized spacial score (nSPS) is 15.0. The predicted molar refractivity (Wildman–Crippen MR) is 67.9 cm³/mol. The van der Waals surface area contributed by atoms with Gasteiger partial charge in [0.2, 0.25) is 5.69 Å². The Morgan fingerprint density at radius 1 is 1.58 bits per heavy atom. The highest BCUT2D eigenvalue weighted by molar-refractivity contribution is 5.96. The monoisotopic (exact) mass is 267 g/mol. The summed E-state index contributed by atoms with van der Waals surface area (Å²) >= 11 is 0. The summed E-state index contributed by atoms with van der Waals surface area (Å²) in [4.78, 5) is 22.4. The van der Waals surface area contributed by atoms with E-state index in [0.29, 0.717) is 24.6 Å². The molecule has 0 bridgehead atoms. The van der Waals surface area contributed by atoms with Crippen LogP contribution in [0.1, 0.15) is 29.5 Å². The van der Waals surface area contributed by atoms with Gasteiger partial charge in [-0.2, -0.15) is 5.10 Å². The van der Waals surface area contributed by atoms with Crippen LogP contribution in [0.2, 0.25) is 0 Å². The molecular weight excluding hydrogens is 250 g/mol. The van der Waals surface area contributed by atoms with E-state index in [1.165, 1.54) is 0 Å². The Morgan fingerprint density at radius 2 is 2.32 bits per heavy atom. The second-order valence-electron chi connectivity index (χ2n) is 4.64. The largest absolute Gasteiger partial charge is 0.350 e. The maximum Gasteiger partial charge on any atom is 0.322 e. The minimum atomic E-state index is -0.547. The number of H-pyrrole nitrogens is 1. The molecule has 0 unspecified atom stereocenters. The van der Waals surface area contributed by atoms with E-state index in [-0.39, 0.29) is 11.4 Å². The molecule has 3 N–H and O–H groups in total. The fourth-order valence-electron chi connectivity index (χ4n) is 1.97. The first-order valence-corrected chi connectivity index (χ1v) is 6.34. The Balaban J connectivity index is 2.08. The fraction of sp³-hybridized carbons (Fsp3) is 0.636. The molecule has 1 fully saturated rings. The summed E-state index contributed by atoms with van der Waals surface area (Å²) in [6.07, 6.45) is 1.25. The highest BCUT2D eigenvalue weighted by Gasteiger charge is 2.29. The number of amides is 1. The van der Waals surface area contributed by atoms with Gasteiger partial charge >= 0.3 is 5.69 Å². The highest BCUT2D eigenvalue weighted by Crippen LogP contribution is 2.22. The van der Waals surface area contributed by atoms with Crippen LogP contribution in [0.4, 0.5) is 5.69 Å². The lowest BCUT2D eigenvalue weighted by Gasteiger charge is -2.26. The molecule has 8 nitrogen and oxygen atoms in total. The Labute approximate surface area is 110 Å². The fourth-order valence-corrected chi connectivity index (χ4v) is 1.97. The molecule has 1 aliphatic rings. The summed E-state index contributed by atoms with van der Waals surface area (Å²) in [6, 6.07) is 0. The van der Waals surface area contributed by atoms with Crippen molar-refractivity contribution >= 4 is 11.6 Å². The maximum absolute atomic E-state index is 11.9. The van der Waals surface area contributed by atoms with Crippen molar-refractivity contribution in [2.24, 2.45) is 5.92 Å². The Kier molecular flexibility index (Phi) is 4.10. The van der Waals surface area contributed by atoms with E-state index in [0.717, 1.165) is 19.5 Å². The number of aromatic amines is 1. The van der Waals surface area contributed by atoms with E-state index < -0.39 is 10.8 Å². The van der Waals surface area contributed by atoms with Gasteiger partial charge in [0.25, 0.3) is 5.91 Å². The molecule has 0 saturated carbocycles. The van der Waals surface area contributed by atoms with Crippen LogP contribution >= 0.6 is 0 Å². The molecular formula is C11H17N5O3. The lowest BCUT2D eigenvalue weighted by Crippen LogP contribution is -2.48. The van der Waals surface area contributed by atoms with Gasteiger partial charge in [-0.25, -0.2) is 0 Å². The van der Waals surface area contributed by atoms with Crippen molar-refractivity contribution in [3.05, 3.63) is 21.5 Å². The standard InChI is InChI=1S/C11H17N5O3/c1-2-3-8-10(16(18)19)9(15-14-8)11(17)13-6-7-4-12-5-7/h7,12H,2-6H2,1H3,(H,13,17)(H,14,15). The second kappa shape index (κ2) is 5.79. The van der Waals surface area contributed by atoms with Crippen LogP contribution in [0.25, 0.3) is 0 Å². The molecule has 0 radical (unpaired) electrons. The third-order valence-electron chi connectivity index (χ3n) is 3.13. The van der Waals surface area contributed by atoms with Gasteiger partial charge in [0.1, 0.15) is 5.69 Å². The minimum absolute atomic E-state index is 0.124. The molecule has 0 atom stereocenters. The van der Waals surface area contributed by atoms with Crippen LogP contribution in [0.15, 0.2) is 0 Å². The van der Waals surface area contributed by atoms with Crippen LogP contribution in [0.5, 0.6) is 0 Å². The topological polar surface area (TPSA) is 113 Å². The zero-order valence-electron chi connectivity index (χ0n) is 10.7. The molecule has 19 heavy (non-hydrogen) atoms. The van der Waals surface area contributed by atoms with Crippen molar-refractivity contribution in [1.29, 1.82) is 0 Å². The van der Waals surface area contributed by atoms with Crippen LogP contribution < -0.4 is 10.6 Å². The Hall–Kier alpha value is -1.96. The summed E-state index contributed by atoms with van der Waals surface area (Å²) in [5.74, 6) is -0.0886. The van der Waals surface area contributed by atoms with Gasteiger partial charge in [-0.3, -0.25) is 20.0 Å². The van der Waals surface area contributed by atoms with E-state index in [2.05, 4.69) is 20.8 Å². The van der Waals surface area contributed by atoms with Crippen LogP contribution in [-0.2, 0) is 6.42 Å². The molecule has 0 aromatic carbocycles. The van der Waals surface area contributed by atoms with Crippen molar-refractivity contribution in [1.82, 2.24) is 20.8 Å². The molecule has 8 heteroatoms. The van der Waals surface area contributed by atoms with Crippen molar-refractivity contribution in [3.8, 4) is 0 Å². The number of nitrogens with zero attached hydrogens (tertiary/aromatic N) is 2. The zero-order chi connectivity index (χ0) is 13.8. The molecule has 104 valence electrons. The number of aromatic nitrogens is 2. The van der Waals surface area contributed by atoms with Gasteiger partial charge in [0.05, 0.1) is 4.92 Å². The Bertz CT molecular complexity index is 481. The number of rotatable bonds is 6. The highest BCUT2D eigenvalue weighted by atomic mass is 16.6. The average molecular weight is 267 g/mol. The molecule has 0 spiro atoms. The zero-order valence-corrected chi connectivity index (χ0v) is 10.7. The maximum atomic E-state index is 11.9. The number of hydrogen-bond donors (Lipinski definition) is 3. The van der Waals surface area contributed by atoms with Gasteiger partial charge in [-0.1, -0.05) is 13.3 Å². The second-order valence-corrected chi connectivity index (χ2v) is 4.64. The SMILES string of the molecule is CCCc1[nH]nc(C(=O)NCC2CNC2)c1[N+](=O)[O-]. The van der Waals surface area contributed by atoms with Crippen molar-refractivity contribution in [3.63, 3.8) is 0 Å². The third kappa shape index (κ3) is 2.90. The summed E-state index contributed by atoms with van der Waals surface area (Å²) in [7, 11) is 0. The lowest BCUT2D eigenvalue weighted by molar-refractivity contribution is -0.385. The smallest absolute Gasteiger partial charge is 0.322 e. The average Bonchev–Trinajstić information content (AvgIpc) is 2.71. The third-order valence-corrected chi connectivity index (χ3v) is 3.13. The first kappa shape index (κ1) is 13.5. The van der Waals surface area contributed by atoms with Crippen LogP contribution in [-0.4, -0.2) is 40.7 Å². The number of carbonyl (C=O) groups is 1. The summed E-state index contributed by atoms with van der Waals surface area (Å²) in [5, 5.41) is 23.2. The van der Waals surface area contributed by atoms with Crippen molar-refractivity contribution in [2.75, 3.05) is 19.6 Å². The quantitative estimate of drug-likeness (QED) is 0.504. The van der Waals surface area contributed by atoms with E-state index >= 15 is 0 Å². The van der Waals surface area contributed by atoms with Gasteiger partial charge in [-0.15, -0.1) is 0 Å². The first-order valence-electron chi connectivity index (χ1n) is 6.34. The van der Waals surface area contributed by atoms with E-state index in [4.69, 9.17) is 0 Å². The van der Waals surface area contributed by atoms with Crippen molar-refractivity contribution < 1.29 is 9.72 Å². The molecule has 1 aromatic rings. The molecule has 1 aromatic heterocycles. The number of carbonyl (C=O) groups excluding carboxylic acids is 1. The molecule has 1 aliphatic heterocycles. The number of aryl methyl sites for hydroxylation is 1. The molecule has 2 heterocycles. The van der Waals surface area contributed by atoms with Crippen LogP contribution in [0.3, 0.4) is 0 Å². The van der Waals surface area contributed by atoms with Gasteiger partial charge in [0, 0.05) is 25.6 Å². The molecule has 0 aliphatic carbocycles. The number of nitrogens with one attached hydrogen (secondary N) is 3. The number of hydrogen-bond acceptors (Lipinski definition) is 5. The first-order chi connectivity index (χ1) is 9.13. The Morgan fingerprint density at radius 3 is 2.84 bits per heavy atom. The van der Waals surface area contributed by atoms with E-state index in [1.807, 2.05) is 6.92 Å². The minimum Gasteiger partial charge on any atom is -0.350 e. The summed E-state index contributed by atoms with van der Waals surface area (Å²) < 4.78 is 0. The van der Waals surface area contributed by atoms with E-state index in [1.54, 1.807) is 0 Å². The molecule has 1 amide bonds. The van der Waals surface area contributed by atoms with Gasteiger partial charge in [-0.05, 0) is 6.42 Å². The summed E-state index contributed by atoms with van der Waals surface area (Å²) in [6.45, 7) is 4.15. The van der Waals surface area contributed by atoms with Crippen LogP contribution in [0, 0.1) is 16.0 Å².